The standard InChI is InChI=1S/C20H12N2O5/c23-18-9-8-12-4-1-2-7-15(12)16(18)11-17-20(24)27-19(21-17)13-5-3-6-14(10-13)22(25)26/h1-11,24H/b16-11-. The summed E-state index contributed by atoms with van der Waals surface area (Å²) in [4.78, 5) is 26.9. The third-order valence-corrected chi connectivity index (χ3v) is 4.15. The Kier molecular flexibility index (Phi) is 3.89. The van der Waals surface area contributed by atoms with Gasteiger partial charge in [0.15, 0.2) is 5.78 Å². The van der Waals surface area contributed by atoms with E-state index in [0.29, 0.717) is 11.1 Å². The first-order chi connectivity index (χ1) is 13.0. The molecule has 7 nitrogen and oxygen atoms in total. The number of allylic oxidation sites excluding steroid dienone is 2. The lowest BCUT2D eigenvalue weighted by atomic mass is 9.91. The van der Waals surface area contributed by atoms with E-state index in [9.17, 15) is 20.0 Å². The average molecular weight is 360 g/mol. The van der Waals surface area contributed by atoms with Crippen LogP contribution >= 0.6 is 0 Å². The van der Waals surface area contributed by atoms with Gasteiger partial charge in [0.25, 0.3) is 5.69 Å². The van der Waals surface area contributed by atoms with Crippen LogP contribution in [0.3, 0.4) is 0 Å². The lowest BCUT2D eigenvalue weighted by Crippen LogP contribution is -2.04. The Morgan fingerprint density at radius 2 is 1.93 bits per heavy atom. The van der Waals surface area contributed by atoms with Crippen molar-refractivity contribution in [1.29, 1.82) is 0 Å². The van der Waals surface area contributed by atoms with Crippen molar-refractivity contribution >= 4 is 29.2 Å². The van der Waals surface area contributed by atoms with Gasteiger partial charge in [-0.2, -0.15) is 0 Å². The fourth-order valence-corrected chi connectivity index (χ4v) is 2.86. The topological polar surface area (TPSA) is 106 Å². The molecule has 132 valence electrons. The fraction of sp³-hybridized carbons (Fsp3) is 0. The number of benzene rings is 2. The van der Waals surface area contributed by atoms with Gasteiger partial charge < -0.3 is 9.52 Å². The highest BCUT2D eigenvalue weighted by Gasteiger charge is 2.20. The molecule has 4 rings (SSSR count). The summed E-state index contributed by atoms with van der Waals surface area (Å²) in [5.74, 6) is -0.660. The van der Waals surface area contributed by atoms with Crippen molar-refractivity contribution in [2.24, 2.45) is 0 Å². The number of nitro benzene ring substituents is 1. The van der Waals surface area contributed by atoms with Crippen molar-refractivity contribution in [3.05, 3.63) is 81.5 Å². The van der Waals surface area contributed by atoms with Gasteiger partial charge in [-0.1, -0.05) is 36.4 Å². The molecule has 0 aliphatic heterocycles. The van der Waals surface area contributed by atoms with Crippen LogP contribution in [0.4, 0.5) is 5.69 Å². The molecular formula is C20H12N2O5. The van der Waals surface area contributed by atoms with Crippen molar-refractivity contribution in [2.45, 2.75) is 0 Å². The molecule has 0 unspecified atom stereocenters. The number of hydrogen-bond acceptors (Lipinski definition) is 6. The number of non-ortho nitro benzene ring substituents is 1. The van der Waals surface area contributed by atoms with E-state index in [1.54, 1.807) is 18.2 Å². The number of nitrogens with zero attached hydrogens (tertiary/aromatic N) is 2. The highest BCUT2D eigenvalue weighted by molar-refractivity contribution is 6.33. The summed E-state index contributed by atoms with van der Waals surface area (Å²) in [6.07, 6.45) is 4.63. The van der Waals surface area contributed by atoms with Crippen molar-refractivity contribution in [3.63, 3.8) is 0 Å². The normalized spacial score (nSPS) is 14.4. The van der Waals surface area contributed by atoms with E-state index in [2.05, 4.69) is 4.98 Å². The summed E-state index contributed by atoms with van der Waals surface area (Å²) in [6, 6.07) is 13.1. The lowest BCUT2D eigenvalue weighted by Gasteiger charge is -2.12. The Bertz CT molecular complexity index is 1140. The molecule has 0 atom stereocenters. The zero-order valence-corrected chi connectivity index (χ0v) is 13.8. The number of ketones is 1. The number of hydrogen-bond donors (Lipinski definition) is 1. The predicted octanol–water partition coefficient (Wildman–Crippen LogP) is 4.09. The number of oxazole rings is 1. The van der Waals surface area contributed by atoms with Gasteiger partial charge in [-0.25, -0.2) is 4.98 Å². The SMILES string of the molecule is O=C1C=Cc2ccccc2/C1=C/c1nc(-c2cccc([N+](=O)[O-])c2)oc1O. The minimum Gasteiger partial charge on any atom is -0.479 e. The maximum atomic E-state index is 12.3. The van der Waals surface area contributed by atoms with Crippen LogP contribution < -0.4 is 0 Å². The summed E-state index contributed by atoms with van der Waals surface area (Å²) in [5, 5.41) is 21.0. The van der Waals surface area contributed by atoms with E-state index < -0.39 is 10.9 Å². The minimum atomic E-state index is -0.529. The first-order valence-corrected chi connectivity index (χ1v) is 8.01. The number of carbonyl (C=O) groups is 1. The van der Waals surface area contributed by atoms with Crippen LogP contribution in [-0.4, -0.2) is 20.8 Å². The summed E-state index contributed by atoms with van der Waals surface area (Å²) in [5.41, 5.74) is 2.29. The Morgan fingerprint density at radius 3 is 2.74 bits per heavy atom. The van der Waals surface area contributed by atoms with Crippen LogP contribution in [-0.2, 0) is 4.79 Å². The smallest absolute Gasteiger partial charge is 0.310 e. The lowest BCUT2D eigenvalue weighted by molar-refractivity contribution is -0.384. The quantitative estimate of drug-likeness (QED) is 0.428. The van der Waals surface area contributed by atoms with Gasteiger partial charge in [-0.05, 0) is 29.3 Å². The largest absolute Gasteiger partial charge is 0.479 e. The van der Waals surface area contributed by atoms with E-state index in [4.69, 9.17) is 4.42 Å². The highest BCUT2D eigenvalue weighted by Crippen LogP contribution is 2.33. The van der Waals surface area contributed by atoms with E-state index >= 15 is 0 Å². The second kappa shape index (κ2) is 6.38. The van der Waals surface area contributed by atoms with Crippen LogP contribution in [0.1, 0.15) is 16.8 Å². The Balaban J connectivity index is 1.78. The first kappa shape index (κ1) is 16.5. The fourth-order valence-electron chi connectivity index (χ4n) is 2.86. The molecule has 0 bridgehead atoms. The van der Waals surface area contributed by atoms with Crippen LogP contribution in [0, 0.1) is 10.1 Å². The number of carbonyl (C=O) groups excluding carboxylic acids is 1. The van der Waals surface area contributed by atoms with Gasteiger partial charge in [0.2, 0.25) is 5.89 Å². The van der Waals surface area contributed by atoms with Crippen LogP contribution in [0.5, 0.6) is 5.95 Å². The second-order valence-corrected chi connectivity index (χ2v) is 5.86. The Hall–Kier alpha value is -4.00. The van der Waals surface area contributed by atoms with Crippen molar-refractivity contribution in [1.82, 2.24) is 4.98 Å². The summed E-state index contributed by atoms with van der Waals surface area (Å²) in [6.45, 7) is 0. The molecule has 1 N–H and O–H groups in total. The van der Waals surface area contributed by atoms with E-state index in [0.717, 1.165) is 11.1 Å². The summed E-state index contributed by atoms with van der Waals surface area (Å²) < 4.78 is 5.25. The molecule has 0 saturated heterocycles. The number of aromatic nitrogens is 1. The van der Waals surface area contributed by atoms with E-state index in [-0.39, 0.29) is 23.1 Å². The molecule has 0 amide bonds. The number of aromatic hydroxyl groups is 1. The Morgan fingerprint density at radius 1 is 1.11 bits per heavy atom. The molecule has 1 aromatic heterocycles. The van der Waals surface area contributed by atoms with Crippen molar-refractivity contribution in [3.8, 4) is 17.4 Å². The zero-order chi connectivity index (χ0) is 19.0. The second-order valence-electron chi connectivity index (χ2n) is 5.86. The van der Waals surface area contributed by atoms with Gasteiger partial charge >= 0.3 is 5.95 Å². The number of nitro groups is 1. The molecule has 1 heterocycles. The molecule has 2 aromatic carbocycles. The van der Waals surface area contributed by atoms with Gasteiger partial charge in [-0.3, -0.25) is 14.9 Å². The third-order valence-electron chi connectivity index (χ3n) is 4.15. The monoisotopic (exact) mass is 360 g/mol. The maximum Gasteiger partial charge on any atom is 0.310 e. The molecule has 1 aliphatic carbocycles. The summed E-state index contributed by atoms with van der Waals surface area (Å²) in [7, 11) is 0. The highest BCUT2D eigenvalue weighted by atomic mass is 16.6. The molecule has 0 saturated carbocycles. The minimum absolute atomic E-state index is 0.0233. The molecule has 1 aliphatic rings. The van der Waals surface area contributed by atoms with Crippen LogP contribution in [0.15, 0.2) is 59.0 Å². The molecule has 7 heteroatoms. The molecule has 0 fully saturated rings. The van der Waals surface area contributed by atoms with Crippen molar-refractivity contribution < 1.29 is 19.2 Å². The first-order valence-electron chi connectivity index (χ1n) is 8.01. The molecule has 3 aromatic rings. The number of fused-ring (bicyclic) bond motifs is 1. The number of rotatable bonds is 3. The predicted molar refractivity (Wildman–Crippen MR) is 98.6 cm³/mol. The molecule has 0 radical (unpaired) electrons. The molecular weight excluding hydrogens is 348 g/mol. The van der Waals surface area contributed by atoms with Crippen molar-refractivity contribution in [2.75, 3.05) is 0 Å². The van der Waals surface area contributed by atoms with Crippen LogP contribution in [0.25, 0.3) is 29.2 Å². The Labute approximate surface area is 153 Å². The maximum absolute atomic E-state index is 12.3. The van der Waals surface area contributed by atoms with Crippen LogP contribution in [0.2, 0.25) is 0 Å². The van der Waals surface area contributed by atoms with Gasteiger partial charge in [0.05, 0.1) is 4.92 Å². The zero-order valence-electron chi connectivity index (χ0n) is 13.8. The van der Waals surface area contributed by atoms with E-state index in [1.807, 2.05) is 18.2 Å². The van der Waals surface area contributed by atoms with E-state index in [1.165, 1.54) is 30.4 Å². The van der Waals surface area contributed by atoms with Gasteiger partial charge in [-0.15, -0.1) is 0 Å². The molecule has 0 spiro atoms. The van der Waals surface area contributed by atoms with Gasteiger partial charge in [0, 0.05) is 23.3 Å². The average Bonchev–Trinajstić information content (AvgIpc) is 3.05. The van der Waals surface area contributed by atoms with Gasteiger partial charge in [0.1, 0.15) is 5.69 Å². The summed E-state index contributed by atoms with van der Waals surface area (Å²) >= 11 is 0. The third kappa shape index (κ3) is 3.02. The molecule has 27 heavy (non-hydrogen) atoms.